The molecule has 0 saturated carbocycles. The summed E-state index contributed by atoms with van der Waals surface area (Å²) >= 11 is 5.96. The number of halogens is 1. The zero-order valence-corrected chi connectivity index (χ0v) is 13.9. The molecule has 0 aliphatic carbocycles. The van der Waals surface area contributed by atoms with E-state index in [1.807, 2.05) is 0 Å². The van der Waals surface area contributed by atoms with Crippen LogP contribution >= 0.6 is 11.6 Å². The summed E-state index contributed by atoms with van der Waals surface area (Å²) in [5.74, 6) is -1.62. The second-order valence-electron chi connectivity index (χ2n) is 5.34. The van der Waals surface area contributed by atoms with E-state index in [0.717, 1.165) is 0 Å². The predicted molar refractivity (Wildman–Crippen MR) is 84.6 cm³/mol. The van der Waals surface area contributed by atoms with Crippen molar-refractivity contribution in [1.82, 2.24) is 4.90 Å². The van der Waals surface area contributed by atoms with Crippen LogP contribution in [0.4, 0.5) is 5.69 Å². The minimum absolute atomic E-state index is 0.0459. The van der Waals surface area contributed by atoms with Gasteiger partial charge in [0.1, 0.15) is 0 Å². The fraction of sp³-hybridized carbons (Fsp3) is 0.429. The Bertz CT molecular complexity index is 718. The molecule has 2 amide bonds. The number of carbonyl (C=O) groups is 2. The number of amides is 2. The molecule has 0 aromatic heterocycles. The van der Waals surface area contributed by atoms with Crippen molar-refractivity contribution in [2.45, 2.75) is 19.4 Å². The van der Waals surface area contributed by atoms with Crippen LogP contribution in [0.3, 0.4) is 0 Å². The van der Waals surface area contributed by atoms with E-state index in [0.29, 0.717) is 22.7 Å². The fourth-order valence-corrected chi connectivity index (χ4v) is 4.27. The van der Waals surface area contributed by atoms with Gasteiger partial charge in [-0.15, -0.1) is 0 Å². The van der Waals surface area contributed by atoms with E-state index in [9.17, 15) is 18.0 Å². The number of nitrogens with zero attached hydrogens (tertiary/aromatic N) is 1. The third-order valence-corrected chi connectivity index (χ3v) is 5.95. The van der Waals surface area contributed by atoms with E-state index in [-0.39, 0.29) is 11.5 Å². The average Bonchev–Trinajstić information content (AvgIpc) is 2.82. The Kier molecular flexibility index (Phi) is 4.77. The number of carbonyl (C=O) groups excluding carboxylic acids is 2. The molecule has 0 bridgehead atoms. The maximum absolute atomic E-state index is 12.1. The van der Waals surface area contributed by atoms with Gasteiger partial charge in [-0.1, -0.05) is 17.7 Å². The molecular formula is C14H17ClN2O4S. The average molecular weight is 345 g/mol. The van der Waals surface area contributed by atoms with Gasteiger partial charge in [-0.3, -0.25) is 9.59 Å². The lowest BCUT2D eigenvalue weighted by Gasteiger charge is -2.22. The van der Waals surface area contributed by atoms with Gasteiger partial charge in [0.2, 0.25) is 0 Å². The first-order chi connectivity index (χ1) is 10.2. The number of benzene rings is 1. The minimum atomic E-state index is -3.11. The highest BCUT2D eigenvalue weighted by Gasteiger charge is 2.34. The maximum Gasteiger partial charge on any atom is 0.313 e. The van der Waals surface area contributed by atoms with Crippen molar-refractivity contribution in [2.24, 2.45) is 0 Å². The molecule has 1 aliphatic heterocycles. The molecule has 1 heterocycles. The van der Waals surface area contributed by atoms with E-state index in [1.54, 1.807) is 25.1 Å². The number of hydrogen-bond acceptors (Lipinski definition) is 4. The Balaban J connectivity index is 2.06. The first-order valence-corrected chi connectivity index (χ1v) is 8.95. The minimum Gasteiger partial charge on any atom is -0.333 e. The summed E-state index contributed by atoms with van der Waals surface area (Å²) in [5.41, 5.74) is 1.12. The number of nitrogens with one attached hydrogen (secondary N) is 1. The van der Waals surface area contributed by atoms with Crippen LogP contribution in [0.1, 0.15) is 12.0 Å². The first kappa shape index (κ1) is 16.8. The van der Waals surface area contributed by atoms with E-state index in [4.69, 9.17) is 11.6 Å². The van der Waals surface area contributed by atoms with Crippen LogP contribution < -0.4 is 5.32 Å². The summed E-state index contributed by atoms with van der Waals surface area (Å²) in [6.07, 6.45) is 0.355. The van der Waals surface area contributed by atoms with Gasteiger partial charge < -0.3 is 10.2 Å². The standard InChI is InChI=1S/C14H17ClN2O4S/c1-9-11(15)4-3-5-12(9)16-13(18)14(19)17(2)10-6-7-22(20,21)8-10/h3-5,10H,6-8H2,1-2H3,(H,16,18). The van der Waals surface area contributed by atoms with Gasteiger partial charge in [0.05, 0.1) is 11.5 Å². The Hall–Kier alpha value is -1.60. The lowest BCUT2D eigenvalue weighted by molar-refractivity contribution is -0.143. The summed E-state index contributed by atoms with van der Waals surface area (Å²) in [7, 11) is -1.67. The third-order valence-electron chi connectivity index (χ3n) is 3.79. The van der Waals surface area contributed by atoms with E-state index in [1.165, 1.54) is 11.9 Å². The number of anilines is 1. The summed E-state index contributed by atoms with van der Waals surface area (Å²) in [4.78, 5) is 25.4. The molecule has 120 valence electrons. The van der Waals surface area contributed by atoms with Crippen molar-refractivity contribution < 1.29 is 18.0 Å². The van der Waals surface area contributed by atoms with Crippen molar-refractivity contribution in [2.75, 3.05) is 23.9 Å². The van der Waals surface area contributed by atoms with Crippen molar-refractivity contribution in [3.63, 3.8) is 0 Å². The predicted octanol–water partition coefficient (Wildman–Crippen LogP) is 1.23. The molecule has 1 unspecified atom stereocenters. The molecule has 8 heteroatoms. The SMILES string of the molecule is Cc1c(Cl)cccc1NC(=O)C(=O)N(C)C1CCS(=O)(=O)C1. The molecule has 0 radical (unpaired) electrons. The summed E-state index contributed by atoms with van der Waals surface area (Å²) < 4.78 is 22.9. The molecule has 1 aromatic rings. The highest BCUT2D eigenvalue weighted by atomic mass is 35.5. The van der Waals surface area contributed by atoms with Gasteiger partial charge in [0.25, 0.3) is 0 Å². The zero-order valence-electron chi connectivity index (χ0n) is 12.3. The molecule has 1 atom stereocenters. The van der Waals surface area contributed by atoms with Crippen molar-refractivity contribution in [3.8, 4) is 0 Å². The number of sulfone groups is 1. The first-order valence-electron chi connectivity index (χ1n) is 6.75. The van der Waals surface area contributed by atoms with Crippen LogP contribution in [0.25, 0.3) is 0 Å². The molecule has 2 rings (SSSR count). The Morgan fingerprint density at radius 2 is 2.05 bits per heavy atom. The Morgan fingerprint density at radius 3 is 2.64 bits per heavy atom. The normalized spacial score (nSPS) is 19.7. The van der Waals surface area contributed by atoms with E-state index < -0.39 is 27.7 Å². The molecule has 1 aromatic carbocycles. The fourth-order valence-electron chi connectivity index (χ4n) is 2.33. The second-order valence-corrected chi connectivity index (χ2v) is 7.98. The number of hydrogen-bond donors (Lipinski definition) is 1. The van der Waals surface area contributed by atoms with Crippen molar-refractivity contribution >= 4 is 38.9 Å². The van der Waals surface area contributed by atoms with Gasteiger partial charge in [-0.25, -0.2) is 8.42 Å². The molecule has 0 spiro atoms. The lowest BCUT2D eigenvalue weighted by atomic mass is 10.2. The Morgan fingerprint density at radius 1 is 1.36 bits per heavy atom. The van der Waals surface area contributed by atoms with Gasteiger partial charge >= 0.3 is 11.8 Å². The summed E-state index contributed by atoms with van der Waals surface area (Å²) in [6.45, 7) is 1.73. The molecule has 1 saturated heterocycles. The molecule has 1 N–H and O–H groups in total. The quantitative estimate of drug-likeness (QED) is 0.818. The molecule has 1 aliphatic rings. The van der Waals surface area contributed by atoms with Gasteiger partial charge in [0, 0.05) is 23.8 Å². The van der Waals surface area contributed by atoms with Crippen molar-refractivity contribution in [1.29, 1.82) is 0 Å². The van der Waals surface area contributed by atoms with Crippen LogP contribution in [0.5, 0.6) is 0 Å². The van der Waals surface area contributed by atoms with Gasteiger partial charge in [0.15, 0.2) is 9.84 Å². The second kappa shape index (κ2) is 6.26. The molecule has 22 heavy (non-hydrogen) atoms. The monoisotopic (exact) mass is 344 g/mol. The van der Waals surface area contributed by atoms with Gasteiger partial charge in [-0.05, 0) is 31.0 Å². The lowest BCUT2D eigenvalue weighted by Crippen LogP contribution is -2.44. The highest BCUT2D eigenvalue weighted by molar-refractivity contribution is 7.91. The van der Waals surface area contributed by atoms with Crippen LogP contribution in [0.2, 0.25) is 5.02 Å². The Labute approximate surface area is 134 Å². The van der Waals surface area contributed by atoms with Crippen LogP contribution in [0.15, 0.2) is 18.2 Å². The van der Waals surface area contributed by atoms with Crippen LogP contribution in [-0.2, 0) is 19.4 Å². The molecule has 6 nitrogen and oxygen atoms in total. The largest absolute Gasteiger partial charge is 0.333 e. The van der Waals surface area contributed by atoms with Crippen LogP contribution in [0, 0.1) is 6.92 Å². The van der Waals surface area contributed by atoms with E-state index >= 15 is 0 Å². The smallest absolute Gasteiger partial charge is 0.313 e. The summed E-state index contributed by atoms with van der Waals surface area (Å²) in [5, 5.41) is 3.00. The van der Waals surface area contributed by atoms with E-state index in [2.05, 4.69) is 5.32 Å². The molecule has 1 fully saturated rings. The summed E-state index contributed by atoms with van der Waals surface area (Å²) in [6, 6.07) is 4.54. The van der Waals surface area contributed by atoms with Crippen LogP contribution in [-0.4, -0.2) is 49.7 Å². The molecular weight excluding hydrogens is 328 g/mol. The maximum atomic E-state index is 12.1. The third kappa shape index (κ3) is 3.59. The van der Waals surface area contributed by atoms with Gasteiger partial charge in [-0.2, -0.15) is 0 Å². The van der Waals surface area contributed by atoms with Crippen molar-refractivity contribution in [3.05, 3.63) is 28.8 Å². The number of rotatable bonds is 2. The topological polar surface area (TPSA) is 83.6 Å². The number of likely N-dealkylation sites (N-methyl/N-ethyl adjacent to an activating group) is 1. The highest BCUT2D eigenvalue weighted by Crippen LogP contribution is 2.23. The zero-order chi connectivity index (χ0) is 16.5.